The Balaban J connectivity index is 2.79. The van der Waals surface area contributed by atoms with E-state index in [4.69, 9.17) is 0 Å². The number of benzene rings is 1. The van der Waals surface area contributed by atoms with Crippen LogP contribution >= 0.6 is 0 Å². The van der Waals surface area contributed by atoms with Crippen LogP contribution in [0.1, 0.15) is 5.56 Å². The Morgan fingerprint density at radius 3 is 2.42 bits per heavy atom. The van der Waals surface area contributed by atoms with E-state index >= 15 is 0 Å². The molecule has 0 bridgehead atoms. The molecule has 0 aliphatic rings. The summed E-state index contributed by atoms with van der Waals surface area (Å²) in [6, 6.07) is 0.815. The van der Waals surface area contributed by atoms with E-state index in [2.05, 4.69) is 9.47 Å². The average Bonchev–Trinajstić information content (AvgIpc) is 2.27. The van der Waals surface area contributed by atoms with Crippen LogP contribution in [-0.4, -0.2) is 11.1 Å². The molecule has 0 N–H and O–H groups in total. The summed E-state index contributed by atoms with van der Waals surface area (Å²) in [6.45, 7) is 1.37. The van der Waals surface area contributed by atoms with Crippen LogP contribution in [0.4, 0.5) is 23.7 Å². The smallest absolute Gasteiger partial charge is 0.395 e. The Hall–Kier alpha value is -2.58. The van der Waals surface area contributed by atoms with Crippen LogP contribution in [0.3, 0.4) is 0 Å². The van der Waals surface area contributed by atoms with Crippen molar-refractivity contribution in [2.45, 2.75) is 6.92 Å². The molecule has 0 aliphatic carbocycles. The molecule has 0 radical (unpaired) electrons. The van der Waals surface area contributed by atoms with Gasteiger partial charge >= 0.3 is 18.2 Å². The van der Waals surface area contributed by atoms with Crippen molar-refractivity contribution in [1.82, 2.24) is 0 Å². The first-order chi connectivity index (χ1) is 8.81. The van der Waals surface area contributed by atoms with Gasteiger partial charge in [0.2, 0.25) is 0 Å². The second-order valence-corrected chi connectivity index (χ2v) is 3.19. The van der Waals surface area contributed by atoms with E-state index in [0.29, 0.717) is 0 Å². The van der Waals surface area contributed by atoms with Crippen LogP contribution in [0.2, 0.25) is 0 Å². The Kier molecular flexibility index (Phi) is 4.46. The summed E-state index contributed by atoms with van der Waals surface area (Å²) in [5.41, 5.74) is -0.0513. The number of rotatable bonds is 3. The Morgan fingerprint density at radius 1 is 1.32 bits per heavy atom. The number of nitro groups is 1. The number of carbonyl (C=O) groups is 1. The summed E-state index contributed by atoms with van der Waals surface area (Å²) in [4.78, 5) is 20.7. The number of halogens is 3. The summed E-state index contributed by atoms with van der Waals surface area (Å²) in [5, 5.41) is 10.5. The summed E-state index contributed by atoms with van der Waals surface area (Å²) in [6.07, 6.45) is -4.53. The zero-order valence-corrected chi connectivity index (χ0v) is 9.35. The fraction of sp³-hybridized carbons (Fsp3) is 0.100. The third-order valence-corrected chi connectivity index (χ3v) is 1.89. The maximum atomic E-state index is 12.2. The maximum Gasteiger partial charge on any atom is 0.521 e. The molecule has 0 atom stereocenters. The van der Waals surface area contributed by atoms with Crippen LogP contribution in [0.5, 0.6) is 5.75 Å². The molecule has 1 rings (SSSR count). The van der Waals surface area contributed by atoms with Gasteiger partial charge in [-0.1, -0.05) is 0 Å². The highest BCUT2D eigenvalue weighted by molar-refractivity contribution is 5.65. The van der Waals surface area contributed by atoms with Gasteiger partial charge in [0.05, 0.1) is 4.92 Å². The molecule has 0 fully saturated rings. The first-order valence-corrected chi connectivity index (χ1v) is 4.66. The van der Waals surface area contributed by atoms with Crippen LogP contribution in [0.25, 0.3) is 0 Å². The highest BCUT2D eigenvalue weighted by Gasteiger charge is 2.16. The van der Waals surface area contributed by atoms with Crippen molar-refractivity contribution in [3.63, 3.8) is 0 Å². The molecule has 0 heterocycles. The lowest BCUT2D eigenvalue weighted by Gasteiger charge is -2.04. The van der Waals surface area contributed by atoms with Crippen molar-refractivity contribution in [3.8, 4) is 5.75 Å². The maximum absolute atomic E-state index is 12.2. The van der Waals surface area contributed by atoms with E-state index in [-0.39, 0.29) is 17.0 Å². The van der Waals surface area contributed by atoms with Crippen LogP contribution in [-0.2, 0) is 4.74 Å². The standard InChI is InChI=1S/C10H6F3NO5/c1-5-4-6(2-3-7(5)14(16)17)18-10(15)19-9(13)8(11)12/h2-4H,1H3. The minimum absolute atomic E-state index is 0.169. The SMILES string of the molecule is Cc1cc(OC(=O)OC(F)=C(F)F)ccc1[N+](=O)[O-]. The molecule has 1 aromatic carbocycles. The van der Waals surface area contributed by atoms with Gasteiger partial charge in [-0.05, 0) is 19.1 Å². The molecule has 102 valence electrons. The molecule has 0 amide bonds. The molecule has 0 saturated carbocycles. The number of nitrogens with zero attached hydrogens (tertiary/aromatic N) is 1. The van der Waals surface area contributed by atoms with Gasteiger partial charge in [0.1, 0.15) is 5.75 Å². The van der Waals surface area contributed by atoms with E-state index in [1.165, 1.54) is 6.92 Å². The fourth-order valence-corrected chi connectivity index (χ4v) is 1.13. The lowest BCUT2D eigenvalue weighted by molar-refractivity contribution is -0.385. The second kappa shape index (κ2) is 5.85. The van der Waals surface area contributed by atoms with E-state index in [1.807, 2.05) is 0 Å². The number of hydrogen-bond donors (Lipinski definition) is 0. The van der Waals surface area contributed by atoms with Gasteiger partial charge in [0, 0.05) is 11.6 Å². The largest absolute Gasteiger partial charge is 0.521 e. The lowest BCUT2D eigenvalue weighted by atomic mass is 10.2. The number of carbonyl (C=O) groups excluding carboxylic acids is 1. The first kappa shape index (κ1) is 14.5. The predicted molar refractivity (Wildman–Crippen MR) is 55.3 cm³/mol. The molecule has 0 saturated heterocycles. The van der Waals surface area contributed by atoms with Crippen molar-refractivity contribution in [2.75, 3.05) is 0 Å². The fourth-order valence-electron chi connectivity index (χ4n) is 1.13. The molecule has 0 aromatic heterocycles. The van der Waals surface area contributed by atoms with Gasteiger partial charge in [-0.2, -0.15) is 13.2 Å². The summed E-state index contributed by atoms with van der Waals surface area (Å²) >= 11 is 0. The van der Waals surface area contributed by atoms with E-state index in [0.717, 1.165) is 18.2 Å². The van der Waals surface area contributed by atoms with Crippen LogP contribution in [0, 0.1) is 17.0 Å². The van der Waals surface area contributed by atoms with E-state index in [9.17, 15) is 28.1 Å². The van der Waals surface area contributed by atoms with Gasteiger partial charge in [0.25, 0.3) is 5.69 Å². The predicted octanol–water partition coefficient (Wildman–Crippen LogP) is 3.45. The lowest BCUT2D eigenvalue weighted by Crippen LogP contribution is -2.09. The molecule has 1 aromatic rings. The summed E-state index contributed by atoms with van der Waals surface area (Å²) in [5.74, 6) is -0.208. The highest BCUT2D eigenvalue weighted by atomic mass is 19.3. The van der Waals surface area contributed by atoms with E-state index < -0.39 is 23.2 Å². The van der Waals surface area contributed by atoms with Gasteiger partial charge in [-0.15, -0.1) is 0 Å². The molecule has 19 heavy (non-hydrogen) atoms. The zero-order chi connectivity index (χ0) is 14.6. The van der Waals surface area contributed by atoms with E-state index in [1.54, 1.807) is 0 Å². The Bertz CT molecular complexity index is 554. The Labute approximate surface area is 104 Å². The monoisotopic (exact) mass is 277 g/mol. The number of ether oxygens (including phenoxy) is 2. The van der Waals surface area contributed by atoms with Gasteiger partial charge in [-0.3, -0.25) is 10.1 Å². The number of hydrogen-bond acceptors (Lipinski definition) is 5. The normalized spacial score (nSPS) is 9.68. The van der Waals surface area contributed by atoms with Crippen molar-refractivity contribution in [3.05, 3.63) is 46.0 Å². The second-order valence-electron chi connectivity index (χ2n) is 3.19. The van der Waals surface area contributed by atoms with Gasteiger partial charge < -0.3 is 9.47 Å². The Morgan fingerprint density at radius 2 is 1.95 bits per heavy atom. The molecule has 9 heteroatoms. The third-order valence-electron chi connectivity index (χ3n) is 1.89. The summed E-state index contributed by atoms with van der Waals surface area (Å²) in [7, 11) is 0. The molecule has 0 spiro atoms. The zero-order valence-electron chi connectivity index (χ0n) is 9.35. The van der Waals surface area contributed by atoms with Crippen LogP contribution < -0.4 is 4.74 Å². The minimum Gasteiger partial charge on any atom is -0.395 e. The highest BCUT2D eigenvalue weighted by Crippen LogP contribution is 2.23. The molecule has 6 nitrogen and oxygen atoms in total. The number of aryl methyl sites for hydroxylation is 1. The average molecular weight is 277 g/mol. The minimum atomic E-state index is -2.81. The van der Waals surface area contributed by atoms with Crippen LogP contribution in [0.15, 0.2) is 30.3 Å². The molecular formula is C10H6F3NO5. The molecule has 0 aliphatic heterocycles. The van der Waals surface area contributed by atoms with Crippen molar-refractivity contribution in [1.29, 1.82) is 0 Å². The third kappa shape index (κ3) is 3.98. The first-order valence-electron chi connectivity index (χ1n) is 4.66. The van der Waals surface area contributed by atoms with Crippen molar-refractivity contribution >= 4 is 11.8 Å². The molecule has 0 unspecified atom stereocenters. The van der Waals surface area contributed by atoms with Crippen molar-refractivity contribution in [2.24, 2.45) is 0 Å². The quantitative estimate of drug-likeness (QED) is 0.278. The molecular weight excluding hydrogens is 271 g/mol. The number of nitro benzene ring substituents is 1. The summed E-state index contributed by atoms with van der Waals surface area (Å²) < 4.78 is 43.4. The topological polar surface area (TPSA) is 78.7 Å². The van der Waals surface area contributed by atoms with Crippen molar-refractivity contribution < 1.29 is 32.4 Å². The van der Waals surface area contributed by atoms with Gasteiger partial charge in [0.15, 0.2) is 0 Å². The van der Waals surface area contributed by atoms with Gasteiger partial charge in [-0.25, -0.2) is 4.79 Å².